The van der Waals surface area contributed by atoms with E-state index in [1.165, 1.54) is 0 Å². The fourth-order valence-corrected chi connectivity index (χ4v) is 4.62. The highest BCUT2D eigenvalue weighted by atomic mass is 35.5. The van der Waals surface area contributed by atoms with E-state index >= 15 is 0 Å². The molecule has 1 aliphatic heterocycles. The molecule has 2 heterocycles. The topological polar surface area (TPSA) is 117 Å². The van der Waals surface area contributed by atoms with Crippen LogP contribution >= 0.6 is 11.6 Å². The van der Waals surface area contributed by atoms with E-state index < -0.39 is 17.4 Å². The minimum absolute atomic E-state index is 0.0952. The van der Waals surface area contributed by atoms with Crippen LogP contribution in [0, 0.1) is 0 Å². The average molecular weight is 495 g/mol. The van der Waals surface area contributed by atoms with Crippen LogP contribution in [0.25, 0.3) is 0 Å². The van der Waals surface area contributed by atoms with Crippen LogP contribution in [0.15, 0.2) is 46.5 Å². The van der Waals surface area contributed by atoms with Crippen molar-refractivity contribution >= 4 is 40.7 Å². The number of aromatic nitrogens is 1. The predicted molar refractivity (Wildman–Crippen MR) is 129 cm³/mol. The molecule has 6 N–H and O–H groups in total. The van der Waals surface area contributed by atoms with Gasteiger partial charge in [-0.2, -0.15) is 18.2 Å². The Bertz CT molecular complexity index is 1100. The molecular formula is C22H26ClF3N8. The second kappa shape index (κ2) is 9.57. The normalized spacial score (nSPS) is 17.8. The minimum atomic E-state index is -4.50. The van der Waals surface area contributed by atoms with Crippen LogP contribution in [-0.2, 0) is 6.18 Å². The van der Waals surface area contributed by atoms with Gasteiger partial charge < -0.3 is 22.1 Å². The van der Waals surface area contributed by atoms with E-state index in [0.717, 1.165) is 55.7 Å². The summed E-state index contributed by atoms with van der Waals surface area (Å²) in [6.45, 7) is 0.811. The first-order chi connectivity index (χ1) is 16.2. The Morgan fingerprint density at radius 1 is 1.06 bits per heavy atom. The molecule has 1 spiro atoms. The highest BCUT2D eigenvalue weighted by Gasteiger charge is 2.43. The summed E-state index contributed by atoms with van der Waals surface area (Å²) < 4.78 is 38.4. The van der Waals surface area contributed by atoms with Gasteiger partial charge in [-0.25, -0.2) is 9.98 Å². The molecule has 0 unspecified atom stereocenters. The Morgan fingerprint density at radius 2 is 1.76 bits per heavy atom. The number of nitrogens with one attached hydrogen (secondary N) is 2. The molecule has 182 valence electrons. The lowest BCUT2D eigenvalue weighted by Gasteiger charge is -2.46. The molecule has 2 aromatic rings. The number of nitrogens with zero attached hydrogens (tertiary/aromatic N) is 4. The third kappa shape index (κ3) is 4.98. The molecule has 4 rings (SSSR count). The quantitative estimate of drug-likeness (QED) is 0.442. The molecule has 1 aromatic heterocycles. The number of benzene rings is 1. The number of aliphatic imine (C=N–C) groups is 2. The van der Waals surface area contributed by atoms with E-state index in [4.69, 9.17) is 28.1 Å². The second-order valence-electron chi connectivity index (χ2n) is 8.24. The zero-order valence-electron chi connectivity index (χ0n) is 18.4. The van der Waals surface area contributed by atoms with Crippen LogP contribution in [0.2, 0.25) is 5.02 Å². The molecule has 1 saturated carbocycles. The number of hydrogen-bond donors (Lipinski definition) is 4. The monoisotopic (exact) mass is 494 g/mol. The van der Waals surface area contributed by atoms with Crippen molar-refractivity contribution in [1.82, 2.24) is 4.98 Å². The van der Waals surface area contributed by atoms with Crippen molar-refractivity contribution in [2.24, 2.45) is 21.5 Å². The molecule has 0 amide bonds. The summed E-state index contributed by atoms with van der Waals surface area (Å²) in [6.07, 6.45) is 1.06. The number of halogens is 4. The second-order valence-corrected chi connectivity index (χ2v) is 8.65. The number of alkyl halides is 3. The van der Waals surface area contributed by atoms with Crippen LogP contribution < -0.4 is 27.0 Å². The maximum atomic E-state index is 12.8. The number of guanidine groups is 2. The minimum Gasteiger partial charge on any atom is -0.382 e. The first-order valence-corrected chi connectivity index (χ1v) is 11.4. The molecule has 12 heteroatoms. The van der Waals surface area contributed by atoms with Crippen molar-refractivity contribution < 1.29 is 13.2 Å². The molecule has 0 radical (unpaired) electrons. The van der Waals surface area contributed by atoms with Crippen LogP contribution in [-0.4, -0.2) is 35.7 Å². The summed E-state index contributed by atoms with van der Waals surface area (Å²) in [5.74, 6) is 0.664. The third-order valence-electron chi connectivity index (χ3n) is 5.90. The number of pyridine rings is 1. The molecule has 1 aliphatic carbocycles. The fourth-order valence-electron chi connectivity index (χ4n) is 4.39. The van der Waals surface area contributed by atoms with Gasteiger partial charge in [-0.05, 0) is 43.9 Å². The Labute approximate surface area is 200 Å². The Kier molecular flexibility index (Phi) is 6.74. The molecule has 0 atom stereocenters. The maximum Gasteiger partial charge on any atom is 0.417 e. The van der Waals surface area contributed by atoms with E-state index in [9.17, 15) is 13.2 Å². The highest BCUT2D eigenvalue weighted by molar-refractivity contribution is 6.33. The molecule has 1 fully saturated rings. The lowest BCUT2D eigenvalue weighted by molar-refractivity contribution is -0.137. The van der Waals surface area contributed by atoms with Crippen LogP contribution in [0.5, 0.6) is 0 Å². The Morgan fingerprint density at radius 3 is 2.47 bits per heavy atom. The van der Waals surface area contributed by atoms with Gasteiger partial charge in [0.1, 0.15) is 11.5 Å². The van der Waals surface area contributed by atoms with Gasteiger partial charge in [0, 0.05) is 19.3 Å². The first kappa shape index (κ1) is 23.9. The van der Waals surface area contributed by atoms with Gasteiger partial charge in [-0.3, -0.25) is 4.90 Å². The first-order valence-electron chi connectivity index (χ1n) is 11.0. The van der Waals surface area contributed by atoms with E-state index in [1.807, 2.05) is 29.2 Å². The van der Waals surface area contributed by atoms with Gasteiger partial charge >= 0.3 is 6.18 Å². The maximum absolute atomic E-state index is 12.8. The number of nitrogens with two attached hydrogens (primary N) is 2. The highest BCUT2D eigenvalue weighted by Crippen LogP contribution is 2.41. The fraction of sp³-hybridized carbons (Fsp3) is 0.409. The number of hydrogen-bond acceptors (Lipinski definition) is 8. The number of anilines is 3. The summed E-state index contributed by atoms with van der Waals surface area (Å²) in [5.41, 5.74) is 12.5. The summed E-state index contributed by atoms with van der Waals surface area (Å²) >= 11 is 5.97. The predicted octanol–water partition coefficient (Wildman–Crippen LogP) is 4.39. The molecule has 2 aliphatic rings. The average Bonchev–Trinajstić information content (AvgIpc) is 2.77. The van der Waals surface area contributed by atoms with Gasteiger partial charge in [0.25, 0.3) is 0 Å². The van der Waals surface area contributed by atoms with E-state index in [0.29, 0.717) is 19.0 Å². The standard InChI is InChI=1S/C22H26ClF3N8/c23-15-12-14(22(24,25)26)13-31-18(15)30-11-10-29-16-6-2-3-7-17(16)34-20(28)32-19(27)33-21(34)8-4-1-5-9-21/h2-3,6-7,12-13,29H,1,4-5,8-11H2,(H,30,31)(H4,27,28,32,33). The Hall–Kier alpha value is -3.21. The molecule has 34 heavy (non-hydrogen) atoms. The summed E-state index contributed by atoms with van der Waals surface area (Å²) in [5, 5.41) is 6.21. The molecule has 0 saturated heterocycles. The number of para-hydroxylation sites is 2. The summed E-state index contributed by atoms with van der Waals surface area (Å²) in [4.78, 5) is 14.7. The van der Waals surface area contributed by atoms with Gasteiger partial charge in [-0.15, -0.1) is 0 Å². The smallest absolute Gasteiger partial charge is 0.382 e. The number of rotatable bonds is 6. The van der Waals surface area contributed by atoms with Crippen molar-refractivity contribution in [3.8, 4) is 0 Å². The zero-order chi connectivity index (χ0) is 24.3. The van der Waals surface area contributed by atoms with Gasteiger partial charge in [-0.1, -0.05) is 30.2 Å². The summed E-state index contributed by atoms with van der Waals surface area (Å²) in [7, 11) is 0. The van der Waals surface area contributed by atoms with Gasteiger partial charge in [0.2, 0.25) is 11.9 Å². The third-order valence-corrected chi connectivity index (χ3v) is 6.19. The van der Waals surface area contributed by atoms with E-state index in [-0.39, 0.29) is 16.8 Å². The van der Waals surface area contributed by atoms with Crippen molar-refractivity contribution in [2.45, 2.75) is 43.9 Å². The van der Waals surface area contributed by atoms with Crippen molar-refractivity contribution in [3.63, 3.8) is 0 Å². The zero-order valence-corrected chi connectivity index (χ0v) is 19.1. The van der Waals surface area contributed by atoms with Crippen LogP contribution in [0.4, 0.5) is 30.4 Å². The van der Waals surface area contributed by atoms with E-state index in [2.05, 4.69) is 20.6 Å². The molecule has 0 bridgehead atoms. The summed E-state index contributed by atoms with van der Waals surface area (Å²) in [6, 6.07) is 8.53. The van der Waals surface area contributed by atoms with Crippen LogP contribution in [0.1, 0.15) is 37.7 Å². The Balaban J connectivity index is 1.47. The van der Waals surface area contributed by atoms with Gasteiger partial charge in [0.15, 0.2) is 0 Å². The molecule has 1 aromatic carbocycles. The lowest BCUT2D eigenvalue weighted by Crippen LogP contribution is -2.58. The SMILES string of the molecule is NC1=NC2(CCCCC2)N(c2ccccc2NCCNc2ncc(C(F)(F)F)cc2Cl)C(N)=N1. The van der Waals surface area contributed by atoms with Gasteiger partial charge in [0.05, 0.1) is 22.0 Å². The van der Waals surface area contributed by atoms with Crippen LogP contribution in [0.3, 0.4) is 0 Å². The van der Waals surface area contributed by atoms with E-state index in [1.54, 1.807) is 0 Å². The molecular weight excluding hydrogens is 469 g/mol. The largest absolute Gasteiger partial charge is 0.417 e. The van der Waals surface area contributed by atoms with Crippen molar-refractivity contribution in [3.05, 3.63) is 47.1 Å². The lowest BCUT2D eigenvalue weighted by atomic mass is 9.87. The van der Waals surface area contributed by atoms with Crippen molar-refractivity contribution in [2.75, 3.05) is 28.6 Å². The molecule has 8 nitrogen and oxygen atoms in total. The van der Waals surface area contributed by atoms with Crippen molar-refractivity contribution in [1.29, 1.82) is 0 Å².